The topological polar surface area (TPSA) is 0 Å². The number of hydrogen-bond donors (Lipinski definition) is 0. The third-order valence-electron chi connectivity index (χ3n) is 6.80. The molecular weight excluding hydrogens is 557 g/mol. The van der Waals surface area contributed by atoms with Crippen LogP contribution in [0.3, 0.4) is 0 Å². The summed E-state index contributed by atoms with van der Waals surface area (Å²) in [6, 6.07) is 0. The van der Waals surface area contributed by atoms with Crippen molar-refractivity contribution in [1.29, 1.82) is 0 Å². The van der Waals surface area contributed by atoms with Crippen LogP contribution >= 0.6 is 0 Å². The van der Waals surface area contributed by atoms with Crippen molar-refractivity contribution in [2.45, 2.75) is 81.1 Å². The van der Waals surface area contributed by atoms with Crippen LogP contribution in [0.2, 0.25) is 0 Å². The van der Waals surface area contributed by atoms with Crippen LogP contribution in [-0.4, -0.2) is 0 Å². The SMILES string of the molecule is CC(C)C1=[C]([V+][C]2=C(C(C)C)C=CC2)CC=C1.CC(C)C1=[C]([V+][C]2=C(C(C)C)C=CC2)CC=C1.[Cl-].[Cl-]. The van der Waals surface area contributed by atoms with Crippen LogP contribution in [0.5, 0.6) is 0 Å². The molecule has 0 heterocycles. The van der Waals surface area contributed by atoms with E-state index in [1.54, 1.807) is 39.4 Å². The van der Waals surface area contributed by atoms with E-state index in [1.807, 2.05) is 0 Å². The normalized spacial score (nSPS) is 18.3. The van der Waals surface area contributed by atoms with Crippen LogP contribution in [0.4, 0.5) is 0 Å². The molecule has 4 aliphatic rings. The maximum Gasteiger partial charge on any atom is -1.00 e. The van der Waals surface area contributed by atoms with Crippen LogP contribution in [0.1, 0.15) is 81.1 Å². The molecule has 0 amide bonds. The summed E-state index contributed by atoms with van der Waals surface area (Å²) in [5.74, 6) is 2.76. The minimum absolute atomic E-state index is 0. The molecule has 0 saturated carbocycles. The Morgan fingerprint density at radius 2 is 0.611 bits per heavy atom. The van der Waals surface area contributed by atoms with Gasteiger partial charge in [-0.05, 0) is 0 Å². The van der Waals surface area contributed by atoms with E-state index in [9.17, 15) is 0 Å². The number of halogens is 2. The summed E-state index contributed by atoms with van der Waals surface area (Å²) in [4.78, 5) is 0. The molecule has 196 valence electrons. The van der Waals surface area contributed by atoms with Gasteiger partial charge in [0.1, 0.15) is 0 Å². The van der Waals surface area contributed by atoms with Gasteiger partial charge < -0.3 is 24.8 Å². The van der Waals surface area contributed by atoms with Crippen LogP contribution < -0.4 is 24.8 Å². The molecule has 36 heavy (non-hydrogen) atoms. The fourth-order valence-electron chi connectivity index (χ4n) is 4.92. The third-order valence-corrected chi connectivity index (χ3v) is 11.2. The Balaban J connectivity index is 0.000000341. The first-order chi connectivity index (χ1) is 16.2. The maximum atomic E-state index is 2.35. The average Bonchev–Trinajstić information content (AvgIpc) is 3.56. The first-order valence-electron chi connectivity index (χ1n) is 13.2. The smallest absolute Gasteiger partial charge is 1.00 e. The largest absolute Gasteiger partial charge is 1.00 e. The molecule has 0 fully saturated rings. The number of hydrogen-bond acceptors (Lipinski definition) is 0. The van der Waals surface area contributed by atoms with Gasteiger partial charge in [-0.3, -0.25) is 0 Å². The molecule has 4 rings (SSSR count). The summed E-state index contributed by atoms with van der Waals surface area (Å²) in [7, 11) is 0. The van der Waals surface area contributed by atoms with Crippen molar-refractivity contribution >= 4 is 0 Å². The van der Waals surface area contributed by atoms with E-state index in [1.165, 1.54) is 25.7 Å². The van der Waals surface area contributed by atoms with Crippen molar-refractivity contribution in [1.82, 2.24) is 0 Å². The molecule has 0 radical (unpaired) electrons. The van der Waals surface area contributed by atoms with Crippen LogP contribution in [-0.2, 0) is 32.6 Å². The molecule has 0 aromatic carbocycles. The van der Waals surface area contributed by atoms with E-state index in [2.05, 4.69) is 104 Å². The van der Waals surface area contributed by atoms with Crippen molar-refractivity contribution in [3.63, 3.8) is 0 Å². The summed E-state index contributed by atoms with van der Waals surface area (Å²) in [5.41, 5.74) is 6.47. The van der Waals surface area contributed by atoms with Gasteiger partial charge in [0.25, 0.3) is 0 Å². The monoisotopic (exact) mass is 600 g/mol. The number of allylic oxidation sites excluding steroid dienone is 16. The summed E-state index contributed by atoms with van der Waals surface area (Å²) >= 11 is 0.531. The van der Waals surface area contributed by atoms with Gasteiger partial charge in [0, 0.05) is 0 Å². The Hall–Kier alpha value is -0.331. The summed E-state index contributed by atoms with van der Waals surface area (Å²) in [5, 5.41) is 0. The van der Waals surface area contributed by atoms with Gasteiger partial charge in [-0.15, -0.1) is 0 Å². The van der Waals surface area contributed by atoms with Gasteiger partial charge in [0.2, 0.25) is 0 Å². The minimum atomic E-state index is 0. The van der Waals surface area contributed by atoms with Crippen molar-refractivity contribution in [3.05, 3.63) is 88.0 Å². The van der Waals surface area contributed by atoms with Crippen molar-refractivity contribution < 1.29 is 57.4 Å². The molecule has 0 atom stereocenters. The third kappa shape index (κ3) is 8.86. The van der Waals surface area contributed by atoms with E-state index in [4.69, 9.17) is 0 Å². The van der Waals surface area contributed by atoms with E-state index in [0.717, 1.165) is 0 Å². The molecule has 0 saturated heterocycles. The summed E-state index contributed by atoms with van der Waals surface area (Å²) in [6.45, 7) is 18.5. The van der Waals surface area contributed by atoms with E-state index >= 15 is 0 Å². The quantitative estimate of drug-likeness (QED) is 0.399. The molecule has 0 aromatic heterocycles. The van der Waals surface area contributed by atoms with Gasteiger partial charge in [-0.2, -0.15) is 0 Å². The maximum absolute atomic E-state index is 2.35. The van der Waals surface area contributed by atoms with Crippen molar-refractivity contribution in [3.8, 4) is 0 Å². The molecule has 0 aromatic rings. The second-order valence-corrected chi connectivity index (χ2v) is 14.9. The van der Waals surface area contributed by atoms with Gasteiger partial charge in [-0.25, -0.2) is 0 Å². The molecule has 4 aliphatic carbocycles. The Bertz CT molecular complexity index is 847. The Labute approximate surface area is 248 Å². The molecular formula is C32H44Cl2V2. The fraction of sp³-hybridized carbons (Fsp3) is 0.500. The molecule has 0 nitrogen and oxygen atoms in total. The van der Waals surface area contributed by atoms with E-state index in [0.29, 0.717) is 23.7 Å². The zero-order valence-corrected chi connectivity index (χ0v) is 27.7. The molecule has 0 spiro atoms. The molecule has 0 aliphatic heterocycles. The molecule has 0 N–H and O–H groups in total. The Kier molecular flexibility index (Phi) is 14.9. The van der Waals surface area contributed by atoms with Gasteiger partial charge in [0.15, 0.2) is 0 Å². The van der Waals surface area contributed by atoms with E-state index in [-0.39, 0.29) is 57.4 Å². The first kappa shape index (κ1) is 33.7. The second kappa shape index (κ2) is 15.9. The van der Waals surface area contributed by atoms with Crippen molar-refractivity contribution in [2.75, 3.05) is 0 Å². The van der Waals surface area contributed by atoms with E-state index < -0.39 is 0 Å². The predicted octanol–water partition coefficient (Wildman–Crippen LogP) is 3.63. The van der Waals surface area contributed by atoms with Gasteiger partial charge in [-0.1, -0.05) is 0 Å². The van der Waals surface area contributed by atoms with Crippen LogP contribution in [0, 0.1) is 23.7 Å². The molecule has 0 unspecified atom stereocenters. The summed E-state index contributed by atoms with van der Waals surface area (Å²) < 4.78 is 6.97. The van der Waals surface area contributed by atoms with Gasteiger partial charge >= 0.3 is 225 Å². The zero-order chi connectivity index (χ0) is 24.8. The molecule has 0 bridgehead atoms. The number of rotatable bonds is 8. The van der Waals surface area contributed by atoms with Crippen LogP contribution in [0.25, 0.3) is 0 Å². The fourth-order valence-corrected chi connectivity index (χ4v) is 10.0. The Morgan fingerprint density at radius 3 is 0.778 bits per heavy atom. The molecule has 4 heteroatoms. The van der Waals surface area contributed by atoms with Crippen molar-refractivity contribution in [2.24, 2.45) is 23.7 Å². The van der Waals surface area contributed by atoms with Gasteiger partial charge in [0.05, 0.1) is 0 Å². The summed E-state index contributed by atoms with van der Waals surface area (Å²) in [6.07, 6.45) is 23.6. The second-order valence-electron chi connectivity index (χ2n) is 10.9. The van der Waals surface area contributed by atoms with Crippen LogP contribution in [0.15, 0.2) is 88.0 Å². The first-order valence-corrected chi connectivity index (χ1v) is 16.0. The standard InChI is InChI=1S/4C8H11.2ClH.2V/c4*1-7(2)8-5-3-4-6-8;;;;/h4*3,5,7H,4H2,1-2H3;2*1H;;/q;;;;;;2*+1/p-2. The Morgan fingerprint density at radius 1 is 0.417 bits per heavy atom. The average molecular weight is 601 g/mol. The minimum Gasteiger partial charge on any atom is -1.00 e. The zero-order valence-electron chi connectivity index (χ0n) is 23.4. The predicted molar refractivity (Wildman–Crippen MR) is 142 cm³/mol.